The van der Waals surface area contributed by atoms with E-state index in [0.717, 1.165) is 13.1 Å². The number of carbonyl (C=O) groups is 1. The third-order valence-electron chi connectivity index (χ3n) is 2.11. The molecule has 0 aromatic heterocycles. The molecule has 0 bridgehead atoms. The number of carbonyl (C=O) groups excluding carboxylic acids is 1. The first-order chi connectivity index (χ1) is 7.37. The van der Waals surface area contributed by atoms with Gasteiger partial charge in [-0.1, -0.05) is 0 Å². The molecular formula is C11H22N2O3. The summed E-state index contributed by atoms with van der Waals surface area (Å²) in [5, 5.41) is 5.95. The van der Waals surface area contributed by atoms with E-state index in [1.165, 1.54) is 0 Å². The van der Waals surface area contributed by atoms with Crippen molar-refractivity contribution in [1.82, 2.24) is 10.6 Å². The zero-order valence-electron chi connectivity index (χ0n) is 10.5. The average molecular weight is 230 g/mol. The Bertz CT molecular complexity index is 238. The van der Waals surface area contributed by atoms with Crippen LogP contribution in [0.25, 0.3) is 0 Å². The van der Waals surface area contributed by atoms with Crippen molar-refractivity contribution in [1.29, 1.82) is 0 Å². The maximum atomic E-state index is 11.4. The van der Waals surface area contributed by atoms with Crippen molar-refractivity contribution in [3.8, 4) is 0 Å². The fourth-order valence-electron chi connectivity index (χ4n) is 1.48. The molecule has 0 saturated carbocycles. The Balaban J connectivity index is 2.21. The maximum absolute atomic E-state index is 11.4. The monoisotopic (exact) mass is 230 g/mol. The summed E-state index contributed by atoms with van der Waals surface area (Å²) in [4.78, 5) is 11.4. The minimum atomic E-state index is -0.394. The highest BCUT2D eigenvalue weighted by atomic mass is 16.6. The van der Waals surface area contributed by atoms with Crippen LogP contribution in [0.5, 0.6) is 0 Å². The third kappa shape index (κ3) is 5.32. The molecule has 1 fully saturated rings. The van der Waals surface area contributed by atoms with Crippen molar-refractivity contribution in [3.05, 3.63) is 0 Å². The Morgan fingerprint density at radius 2 is 2.19 bits per heavy atom. The number of amides is 1. The first kappa shape index (κ1) is 13.3. The van der Waals surface area contributed by atoms with Crippen LogP contribution in [0.1, 0.15) is 27.7 Å². The van der Waals surface area contributed by atoms with Crippen LogP contribution < -0.4 is 10.6 Å². The normalized spacial score (nSPS) is 26.2. The van der Waals surface area contributed by atoms with E-state index in [1.54, 1.807) is 0 Å². The molecule has 0 radical (unpaired) electrons. The van der Waals surface area contributed by atoms with Crippen molar-refractivity contribution in [3.63, 3.8) is 0 Å². The zero-order valence-corrected chi connectivity index (χ0v) is 10.5. The Labute approximate surface area is 96.9 Å². The molecule has 1 aliphatic rings. The van der Waals surface area contributed by atoms with Gasteiger partial charge in [-0.25, -0.2) is 4.79 Å². The highest BCUT2D eigenvalue weighted by Crippen LogP contribution is 2.04. The predicted octanol–water partition coefficient (Wildman–Crippen LogP) is 0.888. The van der Waals surface area contributed by atoms with Crippen molar-refractivity contribution in [2.75, 3.05) is 19.7 Å². The second-order valence-corrected chi connectivity index (χ2v) is 5.20. The molecule has 0 aromatic carbocycles. The van der Waals surface area contributed by atoms with E-state index < -0.39 is 6.09 Å². The van der Waals surface area contributed by atoms with E-state index in [-0.39, 0.29) is 17.7 Å². The molecule has 1 amide bonds. The van der Waals surface area contributed by atoms with E-state index in [0.29, 0.717) is 6.61 Å². The Kier molecular flexibility index (Phi) is 4.56. The van der Waals surface area contributed by atoms with Crippen LogP contribution in [0, 0.1) is 0 Å². The van der Waals surface area contributed by atoms with Crippen LogP contribution in [-0.2, 0) is 9.47 Å². The first-order valence-corrected chi connectivity index (χ1v) is 5.68. The number of hydrogen-bond donors (Lipinski definition) is 2. The van der Waals surface area contributed by atoms with Crippen molar-refractivity contribution >= 4 is 6.09 Å². The van der Waals surface area contributed by atoms with Gasteiger partial charge in [-0.05, 0) is 27.7 Å². The van der Waals surface area contributed by atoms with Gasteiger partial charge in [-0.3, -0.25) is 0 Å². The van der Waals surface area contributed by atoms with Gasteiger partial charge in [0.1, 0.15) is 12.7 Å². The summed E-state index contributed by atoms with van der Waals surface area (Å²) in [6.45, 7) is 9.60. The molecule has 1 saturated heterocycles. The van der Waals surface area contributed by atoms with Gasteiger partial charge in [0.05, 0.1) is 6.10 Å². The molecule has 5 heteroatoms. The molecule has 0 aliphatic carbocycles. The molecule has 1 aliphatic heterocycles. The second-order valence-electron chi connectivity index (χ2n) is 5.20. The minimum Gasteiger partial charge on any atom is -0.447 e. The van der Waals surface area contributed by atoms with E-state index in [9.17, 15) is 4.79 Å². The molecule has 0 spiro atoms. The number of ether oxygens (including phenoxy) is 2. The molecule has 0 aromatic rings. The summed E-state index contributed by atoms with van der Waals surface area (Å²) in [5.74, 6) is 0. The lowest BCUT2D eigenvalue weighted by atomic mass is 10.1. The van der Waals surface area contributed by atoms with Gasteiger partial charge >= 0.3 is 6.09 Å². The standard InChI is InChI=1S/C11H22N2O3/c1-8-5-12-6-9(16-8)7-15-10(14)13-11(2,3)4/h8-9,12H,5-7H2,1-4H3,(H,13,14). The average Bonchev–Trinajstić information content (AvgIpc) is 2.12. The summed E-state index contributed by atoms with van der Waals surface area (Å²) in [6, 6.07) is 0. The van der Waals surface area contributed by atoms with Gasteiger partial charge in [0.2, 0.25) is 0 Å². The van der Waals surface area contributed by atoms with E-state index in [2.05, 4.69) is 10.6 Å². The number of alkyl carbamates (subject to hydrolysis) is 1. The van der Waals surface area contributed by atoms with Gasteiger partial charge < -0.3 is 20.1 Å². The van der Waals surface area contributed by atoms with Gasteiger partial charge in [-0.15, -0.1) is 0 Å². The van der Waals surface area contributed by atoms with Gasteiger partial charge in [0.25, 0.3) is 0 Å². The zero-order chi connectivity index (χ0) is 12.2. The van der Waals surface area contributed by atoms with Crippen LogP contribution in [-0.4, -0.2) is 43.5 Å². The predicted molar refractivity (Wildman–Crippen MR) is 61.4 cm³/mol. The number of morpholine rings is 1. The molecule has 94 valence electrons. The molecule has 1 rings (SSSR count). The van der Waals surface area contributed by atoms with Gasteiger partial charge in [0.15, 0.2) is 0 Å². The fourth-order valence-corrected chi connectivity index (χ4v) is 1.48. The Morgan fingerprint density at radius 1 is 1.50 bits per heavy atom. The Hall–Kier alpha value is -0.810. The first-order valence-electron chi connectivity index (χ1n) is 5.68. The summed E-state index contributed by atoms with van der Waals surface area (Å²) < 4.78 is 10.7. The van der Waals surface area contributed by atoms with Crippen LogP contribution in [0.4, 0.5) is 4.79 Å². The van der Waals surface area contributed by atoms with Crippen molar-refractivity contribution in [2.24, 2.45) is 0 Å². The number of rotatable bonds is 2. The third-order valence-corrected chi connectivity index (χ3v) is 2.11. The number of nitrogens with one attached hydrogen (secondary N) is 2. The lowest BCUT2D eigenvalue weighted by Crippen LogP contribution is -2.47. The van der Waals surface area contributed by atoms with E-state index >= 15 is 0 Å². The smallest absolute Gasteiger partial charge is 0.407 e. The molecule has 5 nitrogen and oxygen atoms in total. The maximum Gasteiger partial charge on any atom is 0.407 e. The lowest BCUT2D eigenvalue weighted by Gasteiger charge is -2.28. The molecular weight excluding hydrogens is 208 g/mol. The summed E-state index contributed by atoms with van der Waals surface area (Å²) in [7, 11) is 0. The molecule has 2 N–H and O–H groups in total. The highest BCUT2D eigenvalue weighted by Gasteiger charge is 2.21. The van der Waals surface area contributed by atoms with E-state index in [4.69, 9.17) is 9.47 Å². The number of hydrogen-bond acceptors (Lipinski definition) is 4. The van der Waals surface area contributed by atoms with Crippen molar-refractivity contribution < 1.29 is 14.3 Å². The molecule has 16 heavy (non-hydrogen) atoms. The van der Waals surface area contributed by atoms with Crippen LogP contribution in [0.3, 0.4) is 0 Å². The quantitative estimate of drug-likeness (QED) is 0.739. The fraction of sp³-hybridized carbons (Fsp3) is 0.909. The summed E-state index contributed by atoms with van der Waals surface area (Å²) in [6.07, 6.45) is -0.267. The van der Waals surface area contributed by atoms with Crippen LogP contribution in [0.2, 0.25) is 0 Å². The largest absolute Gasteiger partial charge is 0.447 e. The Morgan fingerprint density at radius 3 is 2.75 bits per heavy atom. The van der Waals surface area contributed by atoms with Crippen molar-refractivity contribution in [2.45, 2.75) is 45.4 Å². The van der Waals surface area contributed by atoms with Gasteiger partial charge in [-0.2, -0.15) is 0 Å². The van der Waals surface area contributed by atoms with Gasteiger partial charge in [0, 0.05) is 18.6 Å². The minimum absolute atomic E-state index is 0.0468. The lowest BCUT2D eigenvalue weighted by molar-refractivity contribution is -0.0551. The molecule has 2 atom stereocenters. The highest BCUT2D eigenvalue weighted by molar-refractivity contribution is 5.68. The summed E-state index contributed by atoms with van der Waals surface area (Å²) >= 11 is 0. The topological polar surface area (TPSA) is 59.6 Å². The molecule has 1 heterocycles. The molecule has 2 unspecified atom stereocenters. The van der Waals surface area contributed by atoms with Crippen LogP contribution >= 0.6 is 0 Å². The summed E-state index contributed by atoms with van der Waals surface area (Å²) in [5.41, 5.74) is -0.268. The van der Waals surface area contributed by atoms with Crippen LogP contribution in [0.15, 0.2) is 0 Å². The van der Waals surface area contributed by atoms with E-state index in [1.807, 2.05) is 27.7 Å². The SMILES string of the molecule is CC1CNCC(COC(=O)NC(C)(C)C)O1. The second kappa shape index (κ2) is 5.50.